The quantitative estimate of drug-likeness (QED) is 0.572. The molecule has 0 aliphatic rings. The van der Waals surface area contributed by atoms with Crippen molar-refractivity contribution in [1.82, 2.24) is 0 Å². The summed E-state index contributed by atoms with van der Waals surface area (Å²) in [5, 5.41) is 5.91. The van der Waals surface area contributed by atoms with Crippen molar-refractivity contribution in [3.63, 3.8) is 0 Å². The molecule has 0 aromatic heterocycles. The predicted octanol–water partition coefficient (Wildman–Crippen LogP) is 5.17. The number of anilines is 2. The minimum absolute atomic E-state index is 0.299. The summed E-state index contributed by atoms with van der Waals surface area (Å²) in [5.74, 6) is 0.0990. The first-order valence-corrected chi connectivity index (χ1v) is 9.50. The molecule has 0 saturated carbocycles. The van der Waals surface area contributed by atoms with Gasteiger partial charge in [0, 0.05) is 11.6 Å². The number of halogens is 1. The molecule has 2 N–H and O–H groups in total. The number of rotatable bonds is 6. The zero-order valence-corrected chi connectivity index (χ0v) is 17.5. The fourth-order valence-corrected chi connectivity index (χ4v) is 3.16. The fourth-order valence-electron chi connectivity index (χ4n) is 2.92. The largest absolute Gasteiger partial charge is 0.495 e. The molecule has 3 rings (SSSR count). The number of benzene rings is 3. The fraction of sp³-hybridized carbons (Fsp3) is 0.130. The highest BCUT2D eigenvalue weighted by atomic mass is 35.5. The zero-order chi connectivity index (χ0) is 21.7. The third kappa shape index (κ3) is 4.72. The minimum Gasteiger partial charge on any atom is -0.495 e. The molecule has 0 atom stereocenters. The number of ether oxygens (including phenoxy) is 2. The van der Waals surface area contributed by atoms with Crippen LogP contribution < -0.4 is 20.1 Å². The lowest BCUT2D eigenvalue weighted by atomic mass is 10.1. The summed E-state index contributed by atoms with van der Waals surface area (Å²) in [7, 11) is 2.97. The van der Waals surface area contributed by atoms with Gasteiger partial charge >= 0.3 is 0 Å². The topological polar surface area (TPSA) is 76.7 Å². The smallest absolute Gasteiger partial charge is 0.257 e. The van der Waals surface area contributed by atoms with Gasteiger partial charge in [-0.3, -0.25) is 9.59 Å². The van der Waals surface area contributed by atoms with Crippen LogP contribution in [0.4, 0.5) is 11.4 Å². The average molecular weight is 425 g/mol. The summed E-state index contributed by atoms with van der Waals surface area (Å²) >= 11 is 6.18. The molecule has 3 aromatic rings. The van der Waals surface area contributed by atoms with Gasteiger partial charge in [0.25, 0.3) is 11.8 Å². The highest BCUT2D eigenvalue weighted by molar-refractivity contribution is 6.32. The van der Waals surface area contributed by atoms with Crippen LogP contribution in [0, 0.1) is 6.92 Å². The average Bonchev–Trinajstić information content (AvgIpc) is 2.74. The van der Waals surface area contributed by atoms with E-state index in [0.717, 1.165) is 5.56 Å². The first kappa shape index (κ1) is 21.2. The Bertz CT molecular complexity index is 1100. The summed E-state index contributed by atoms with van der Waals surface area (Å²) in [4.78, 5) is 25.6. The van der Waals surface area contributed by atoms with Crippen molar-refractivity contribution in [3.8, 4) is 11.5 Å². The number of carbonyl (C=O) groups excluding carboxylic acids is 2. The van der Waals surface area contributed by atoms with Gasteiger partial charge in [-0.1, -0.05) is 41.4 Å². The molecule has 0 radical (unpaired) electrons. The standard InChI is InChI=1S/C23H21ClN2O4/c1-14-7-6-8-15(11-14)22(27)25-18-10-5-4-9-16(18)23(28)26-19-12-17(24)20(29-2)13-21(19)30-3/h4-13H,1-3H3,(H,25,27)(H,26,28). The number of carbonyl (C=O) groups is 2. The normalized spacial score (nSPS) is 10.3. The molecule has 6 nitrogen and oxygen atoms in total. The van der Waals surface area contributed by atoms with E-state index in [2.05, 4.69) is 10.6 Å². The van der Waals surface area contributed by atoms with Crippen LogP contribution in [-0.4, -0.2) is 26.0 Å². The van der Waals surface area contributed by atoms with Crippen LogP contribution >= 0.6 is 11.6 Å². The van der Waals surface area contributed by atoms with Crippen LogP contribution in [0.5, 0.6) is 11.5 Å². The highest BCUT2D eigenvalue weighted by Crippen LogP contribution is 2.36. The van der Waals surface area contributed by atoms with Crippen molar-refractivity contribution in [2.75, 3.05) is 24.9 Å². The predicted molar refractivity (Wildman–Crippen MR) is 118 cm³/mol. The Hall–Kier alpha value is -3.51. The summed E-state index contributed by atoms with van der Waals surface area (Å²) < 4.78 is 10.5. The molecule has 2 amide bonds. The maximum Gasteiger partial charge on any atom is 0.257 e. The van der Waals surface area contributed by atoms with Crippen molar-refractivity contribution in [2.24, 2.45) is 0 Å². The molecule has 154 valence electrons. The molecule has 30 heavy (non-hydrogen) atoms. The first-order chi connectivity index (χ1) is 14.4. The molecule has 3 aromatic carbocycles. The minimum atomic E-state index is -0.422. The van der Waals surface area contributed by atoms with E-state index in [9.17, 15) is 9.59 Å². The lowest BCUT2D eigenvalue weighted by Gasteiger charge is -2.15. The maximum atomic E-state index is 12.9. The molecular weight excluding hydrogens is 404 g/mol. The SMILES string of the molecule is COc1cc(OC)c(NC(=O)c2ccccc2NC(=O)c2cccc(C)c2)cc1Cl. The van der Waals surface area contributed by atoms with Gasteiger partial charge in [-0.25, -0.2) is 0 Å². The lowest BCUT2D eigenvalue weighted by Crippen LogP contribution is -2.18. The number of hydrogen-bond acceptors (Lipinski definition) is 4. The third-order valence-corrected chi connectivity index (χ3v) is 4.72. The van der Waals surface area contributed by atoms with Gasteiger partial charge in [0.05, 0.1) is 36.2 Å². The van der Waals surface area contributed by atoms with E-state index in [-0.39, 0.29) is 5.91 Å². The summed E-state index contributed by atoms with van der Waals surface area (Å²) in [6.07, 6.45) is 0. The van der Waals surface area contributed by atoms with E-state index in [4.69, 9.17) is 21.1 Å². The van der Waals surface area contributed by atoms with Gasteiger partial charge in [0.1, 0.15) is 11.5 Å². The van der Waals surface area contributed by atoms with Crippen molar-refractivity contribution in [2.45, 2.75) is 6.92 Å². The lowest BCUT2D eigenvalue weighted by molar-refractivity contribution is 0.102. The van der Waals surface area contributed by atoms with Gasteiger partial charge in [-0.05, 0) is 37.3 Å². The van der Waals surface area contributed by atoms with Crippen LogP contribution in [0.2, 0.25) is 5.02 Å². The molecule has 0 spiro atoms. The van der Waals surface area contributed by atoms with E-state index >= 15 is 0 Å². The Labute approximate surface area is 179 Å². The van der Waals surface area contributed by atoms with Gasteiger partial charge in [0.2, 0.25) is 0 Å². The van der Waals surface area contributed by atoms with E-state index in [1.54, 1.807) is 48.5 Å². The Kier molecular flexibility index (Phi) is 6.59. The second kappa shape index (κ2) is 9.33. The van der Waals surface area contributed by atoms with Gasteiger partial charge in [-0.15, -0.1) is 0 Å². The van der Waals surface area contributed by atoms with Crippen molar-refractivity contribution in [1.29, 1.82) is 0 Å². The number of nitrogens with one attached hydrogen (secondary N) is 2. The van der Waals surface area contributed by atoms with Gasteiger partial charge in [-0.2, -0.15) is 0 Å². The highest BCUT2D eigenvalue weighted by Gasteiger charge is 2.17. The molecule has 7 heteroatoms. The van der Waals surface area contributed by atoms with Crippen LogP contribution in [-0.2, 0) is 0 Å². The molecule has 0 bridgehead atoms. The number of para-hydroxylation sites is 1. The third-order valence-electron chi connectivity index (χ3n) is 4.42. The van der Waals surface area contributed by atoms with E-state index in [1.807, 2.05) is 19.1 Å². The molecule has 0 saturated heterocycles. The van der Waals surface area contributed by atoms with Crippen LogP contribution in [0.15, 0.2) is 60.7 Å². The first-order valence-electron chi connectivity index (χ1n) is 9.13. The van der Waals surface area contributed by atoms with Crippen molar-refractivity contribution >= 4 is 34.8 Å². The monoisotopic (exact) mass is 424 g/mol. The maximum absolute atomic E-state index is 12.9. The van der Waals surface area contributed by atoms with Crippen LogP contribution in [0.1, 0.15) is 26.3 Å². The van der Waals surface area contributed by atoms with E-state index in [0.29, 0.717) is 39.0 Å². The number of amides is 2. The molecule has 0 aliphatic carbocycles. The van der Waals surface area contributed by atoms with Crippen LogP contribution in [0.3, 0.4) is 0 Å². The van der Waals surface area contributed by atoms with E-state index < -0.39 is 5.91 Å². The van der Waals surface area contributed by atoms with Gasteiger partial charge in [0.15, 0.2) is 0 Å². The Morgan fingerprint density at radius 3 is 2.20 bits per heavy atom. The summed E-state index contributed by atoms with van der Waals surface area (Å²) in [5.41, 5.74) is 2.55. The number of aryl methyl sites for hydroxylation is 1. The van der Waals surface area contributed by atoms with Crippen LogP contribution in [0.25, 0.3) is 0 Å². The summed E-state index contributed by atoms with van der Waals surface area (Å²) in [6.45, 7) is 1.91. The second-order valence-electron chi connectivity index (χ2n) is 6.51. The number of methoxy groups -OCH3 is 2. The van der Waals surface area contributed by atoms with Gasteiger partial charge < -0.3 is 20.1 Å². The molecule has 0 aliphatic heterocycles. The molecule has 0 unspecified atom stereocenters. The molecule has 0 heterocycles. The Morgan fingerprint density at radius 2 is 1.50 bits per heavy atom. The number of hydrogen-bond donors (Lipinski definition) is 2. The van der Waals surface area contributed by atoms with E-state index in [1.165, 1.54) is 14.2 Å². The summed E-state index contributed by atoms with van der Waals surface area (Å²) in [6, 6.07) is 17.1. The van der Waals surface area contributed by atoms with Crippen molar-refractivity contribution in [3.05, 3.63) is 82.4 Å². The Balaban J connectivity index is 1.86. The van der Waals surface area contributed by atoms with Crippen molar-refractivity contribution < 1.29 is 19.1 Å². The molecular formula is C23H21ClN2O4. The molecule has 0 fully saturated rings. The zero-order valence-electron chi connectivity index (χ0n) is 16.8. The second-order valence-corrected chi connectivity index (χ2v) is 6.92. The Morgan fingerprint density at radius 1 is 0.800 bits per heavy atom.